The minimum absolute atomic E-state index is 0.0434. The van der Waals surface area contributed by atoms with Crippen LogP contribution in [0.5, 0.6) is 11.5 Å². The molecule has 1 fully saturated rings. The van der Waals surface area contributed by atoms with Crippen molar-refractivity contribution in [1.82, 2.24) is 5.43 Å². The van der Waals surface area contributed by atoms with E-state index in [1.54, 1.807) is 42.5 Å². The van der Waals surface area contributed by atoms with Gasteiger partial charge in [0.25, 0.3) is 11.8 Å². The van der Waals surface area contributed by atoms with Crippen LogP contribution in [0.25, 0.3) is 6.08 Å². The lowest BCUT2D eigenvalue weighted by Gasteiger charge is -2.14. The van der Waals surface area contributed by atoms with Crippen molar-refractivity contribution < 1.29 is 24.0 Å². The van der Waals surface area contributed by atoms with Gasteiger partial charge in [0.2, 0.25) is 5.75 Å². The number of hydrogen-bond donors (Lipinski definition) is 1. The Morgan fingerprint density at radius 3 is 2.49 bits per heavy atom. The first kappa shape index (κ1) is 24.1. The number of hydrazine groups is 1. The molecule has 3 aromatic carbocycles. The summed E-state index contributed by atoms with van der Waals surface area (Å²) in [7, 11) is 1.32. The maximum Gasteiger partial charge on any atom is 0.315 e. The highest BCUT2D eigenvalue weighted by atomic mass is 35.5. The molecule has 0 atom stereocenters. The van der Waals surface area contributed by atoms with Crippen molar-refractivity contribution in [2.45, 2.75) is 6.61 Å². The molecule has 11 heteroatoms. The number of carbonyl (C=O) groups is 2. The number of halogens is 2. The van der Waals surface area contributed by atoms with E-state index in [-0.39, 0.29) is 29.2 Å². The standard InChI is InChI=1S/C24H17Cl2N3O6/c1-34-21-11-14(9-18-23(30)27-28(24(18)31)17-5-3-2-4-6-17)10-20(29(32)33)22(21)35-13-15-7-8-16(25)12-19(15)26/h2-12H,13H2,1H3,(H,27,30)/b18-9-. The quantitative estimate of drug-likeness (QED) is 0.207. The van der Waals surface area contributed by atoms with E-state index in [4.69, 9.17) is 32.7 Å². The summed E-state index contributed by atoms with van der Waals surface area (Å²) in [5.41, 5.74) is 3.13. The van der Waals surface area contributed by atoms with Crippen LogP contribution in [0, 0.1) is 10.1 Å². The van der Waals surface area contributed by atoms with Crippen LogP contribution in [0.15, 0.2) is 66.2 Å². The lowest BCUT2D eigenvalue weighted by atomic mass is 10.1. The number of rotatable bonds is 7. The van der Waals surface area contributed by atoms with Crippen LogP contribution in [0.2, 0.25) is 10.0 Å². The number of nitrogens with zero attached hydrogens (tertiary/aromatic N) is 2. The number of amides is 2. The fourth-order valence-corrected chi connectivity index (χ4v) is 3.86. The van der Waals surface area contributed by atoms with Crippen LogP contribution in [0.1, 0.15) is 11.1 Å². The third kappa shape index (κ3) is 5.06. The zero-order valence-electron chi connectivity index (χ0n) is 18.2. The van der Waals surface area contributed by atoms with Crippen LogP contribution in [-0.2, 0) is 16.2 Å². The molecule has 3 aromatic rings. The molecule has 0 radical (unpaired) electrons. The summed E-state index contributed by atoms with van der Waals surface area (Å²) in [6.07, 6.45) is 1.26. The average Bonchev–Trinajstić information content (AvgIpc) is 3.12. The monoisotopic (exact) mass is 513 g/mol. The predicted octanol–water partition coefficient (Wildman–Crippen LogP) is 4.95. The molecule has 0 aromatic heterocycles. The highest BCUT2D eigenvalue weighted by molar-refractivity contribution is 6.35. The SMILES string of the molecule is COc1cc(/C=C2/C(=O)NN(c3ccccc3)C2=O)cc([N+](=O)[O-])c1OCc1ccc(Cl)cc1Cl. The van der Waals surface area contributed by atoms with Gasteiger partial charge in [0.1, 0.15) is 12.2 Å². The van der Waals surface area contributed by atoms with E-state index in [1.165, 1.54) is 31.4 Å². The van der Waals surface area contributed by atoms with Gasteiger partial charge >= 0.3 is 5.69 Å². The van der Waals surface area contributed by atoms with E-state index in [9.17, 15) is 19.7 Å². The van der Waals surface area contributed by atoms with Gasteiger partial charge in [0.15, 0.2) is 5.75 Å². The van der Waals surface area contributed by atoms with Crippen LogP contribution < -0.4 is 19.9 Å². The summed E-state index contributed by atoms with van der Waals surface area (Å²) < 4.78 is 11.0. The summed E-state index contributed by atoms with van der Waals surface area (Å²) in [5.74, 6) is -1.32. The first-order valence-corrected chi connectivity index (χ1v) is 10.9. The summed E-state index contributed by atoms with van der Waals surface area (Å²) >= 11 is 12.1. The maximum absolute atomic E-state index is 12.8. The summed E-state index contributed by atoms with van der Waals surface area (Å²) in [6.45, 7) is -0.0828. The van der Waals surface area contributed by atoms with Gasteiger partial charge in [-0.2, -0.15) is 0 Å². The van der Waals surface area contributed by atoms with Crippen molar-refractivity contribution in [3.63, 3.8) is 0 Å². The van der Waals surface area contributed by atoms with E-state index >= 15 is 0 Å². The Morgan fingerprint density at radius 1 is 1.09 bits per heavy atom. The van der Waals surface area contributed by atoms with E-state index in [0.717, 1.165) is 5.01 Å². The number of anilines is 1. The van der Waals surface area contributed by atoms with Gasteiger partial charge in [0.05, 0.1) is 17.7 Å². The molecule has 1 heterocycles. The molecule has 35 heavy (non-hydrogen) atoms. The number of nitro benzene ring substituents is 1. The fraction of sp³-hybridized carbons (Fsp3) is 0.0833. The largest absolute Gasteiger partial charge is 0.493 e. The van der Waals surface area contributed by atoms with Crippen molar-refractivity contribution in [2.75, 3.05) is 12.1 Å². The van der Waals surface area contributed by atoms with Crippen molar-refractivity contribution >= 4 is 52.5 Å². The number of para-hydroxylation sites is 1. The van der Waals surface area contributed by atoms with Gasteiger partial charge in [-0.25, -0.2) is 5.01 Å². The molecule has 1 N–H and O–H groups in total. The average molecular weight is 514 g/mol. The lowest BCUT2D eigenvalue weighted by molar-refractivity contribution is -0.386. The lowest BCUT2D eigenvalue weighted by Crippen LogP contribution is -2.35. The minimum atomic E-state index is -0.643. The topological polar surface area (TPSA) is 111 Å². The van der Waals surface area contributed by atoms with Crippen LogP contribution in [-0.4, -0.2) is 23.8 Å². The number of ether oxygens (including phenoxy) is 2. The number of carbonyl (C=O) groups excluding carboxylic acids is 2. The zero-order valence-corrected chi connectivity index (χ0v) is 19.7. The van der Waals surface area contributed by atoms with E-state index in [1.807, 2.05) is 0 Å². The number of benzene rings is 3. The Bertz CT molecular complexity index is 1360. The van der Waals surface area contributed by atoms with Gasteiger partial charge in [0, 0.05) is 21.7 Å². The fourth-order valence-electron chi connectivity index (χ4n) is 3.40. The molecule has 4 rings (SSSR count). The van der Waals surface area contributed by atoms with Crippen molar-refractivity contribution in [3.8, 4) is 11.5 Å². The molecule has 9 nitrogen and oxygen atoms in total. The molecule has 1 aliphatic rings. The highest BCUT2D eigenvalue weighted by Gasteiger charge is 2.34. The van der Waals surface area contributed by atoms with Crippen LogP contribution in [0.4, 0.5) is 11.4 Å². The summed E-state index contributed by atoms with van der Waals surface area (Å²) in [4.78, 5) is 36.5. The molecule has 2 amide bonds. The van der Waals surface area contributed by atoms with Gasteiger partial charge in [-0.05, 0) is 42.0 Å². The molecular formula is C24H17Cl2N3O6. The second kappa shape index (κ2) is 10.0. The predicted molar refractivity (Wildman–Crippen MR) is 130 cm³/mol. The molecule has 1 aliphatic heterocycles. The number of hydrogen-bond acceptors (Lipinski definition) is 6. The van der Waals surface area contributed by atoms with E-state index in [2.05, 4.69) is 5.43 Å². The first-order valence-electron chi connectivity index (χ1n) is 10.1. The molecule has 0 aliphatic carbocycles. The summed E-state index contributed by atoms with van der Waals surface area (Å²) in [6, 6.07) is 16.0. The van der Waals surface area contributed by atoms with Gasteiger partial charge in [-0.15, -0.1) is 0 Å². The van der Waals surface area contributed by atoms with Gasteiger partial charge in [-0.3, -0.25) is 25.1 Å². The maximum atomic E-state index is 12.8. The molecular weight excluding hydrogens is 497 g/mol. The van der Waals surface area contributed by atoms with Gasteiger partial charge in [-0.1, -0.05) is 47.5 Å². The Labute approximate surface area is 209 Å². The first-order chi connectivity index (χ1) is 16.8. The molecule has 1 saturated heterocycles. The normalized spacial score (nSPS) is 14.3. The molecule has 0 saturated carbocycles. The Kier molecular flexibility index (Phi) is 6.90. The minimum Gasteiger partial charge on any atom is -0.493 e. The van der Waals surface area contributed by atoms with Crippen LogP contribution >= 0.6 is 23.2 Å². The Morgan fingerprint density at radius 2 is 1.83 bits per heavy atom. The van der Waals surface area contributed by atoms with Crippen molar-refractivity contribution in [2.24, 2.45) is 0 Å². The van der Waals surface area contributed by atoms with Gasteiger partial charge < -0.3 is 9.47 Å². The highest BCUT2D eigenvalue weighted by Crippen LogP contribution is 2.40. The smallest absolute Gasteiger partial charge is 0.315 e. The number of nitro groups is 1. The van der Waals surface area contributed by atoms with E-state index < -0.39 is 22.4 Å². The Hall–Kier alpha value is -4.08. The number of methoxy groups -OCH3 is 1. The second-order valence-corrected chi connectivity index (χ2v) is 8.17. The third-order valence-corrected chi connectivity index (χ3v) is 5.67. The molecule has 178 valence electrons. The zero-order chi connectivity index (χ0) is 25.1. The summed E-state index contributed by atoms with van der Waals surface area (Å²) in [5, 5.41) is 13.7. The molecule has 0 spiro atoms. The third-order valence-electron chi connectivity index (χ3n) is 5.08. The number of nitrogens with one attached hydrogen (secondary N) is 1. The van der Waals surface area contributed by atoms with Crippen molar-refractivity contribution in [3.05, 3.63) is 97.5 Å². The van der Waals surface area contributed by atoms with Crippen molar-refractivity contribution in [1.29, 1.82) is 0 Å². The van der Waals surface area contributed by atoms with Crippen LogP contribution in [0.3, 0.4) is 0 Å². The second-order valence-electron chi connectivity index (χ2n) is 7.33. The molecule has 0 bridgehead atoms. The molecule has 0 unspecified atom stereocenters. The Balaban J connectivity index is 1.67. The van der Waals surface area contributed by atoms with E-state index in [0.29, 0.717) is 21.3 Å².